The standard InChI is InChI=1S/C23H44N4O4/c1-22(2,3)24-20(28)18-12-7-9-14-26(18,30)16-11-17-27(31)15-10-8-13-19(27)21(29)25-23(4,5)6/h18-19H,7-17H2,1-6H3,(H,24,28)(H,25,29)/t18-,19-,26?,27?/m0/s1. The molecule has 2 unspecified atom stereocenters. The van der Waals surface area contributed by atoms with Crippen LogP contribution in [-0.4, -0.2) is 70.4 Å². The summed E-state index contributed by atoms with van der Waals surface area (Å²) in [5.74, 6) is -0.373. The van der Waals surface area contributed by atoms with E-state index in [-0.39, 0.29) is 36.0 Å². The van der Waals surface area contributed by atoms with E-state index >= 15 is 0 Å². The van der Waals surface area contributed by atoms with Gasteiger partial charge in [-0.05, 0) is 67.2 Å². The second kappa shape index (κ2) is 9.73. The molecule has 4 atom stereocenters. The van der Waals surface area contributed by atoms with Crippen LogP contribution in [0.2, 0.25) is 0 Å². The molecule has 2 heterocycles. The monoisotopic (exact) mass is 440 g/mol. The summed E-state index contributed by atoms with van der Waals surface area (Å²) < 4.78 is -1.11. The van der Waals surface area contributed by atoms with Gasteiger partial charge in [0.25, 0.3) is 11.8 Å². The Bertz CT molecular complexity index is 588. The maximum Gasteiger partial charge on any atom is 0.279 e. The predicted octanol–water partition coefficient (Wildman–Crippen LogP) is 2.94. The highest BCUT2D eigenvalue weighted by atomic mass is 16.6. The zero-order valence-electron chi connectivity index (χ0n) is 20.5. The number of hydrogen-bond acceptors (Lipinski definition) is 4. The van der Waals surface area contributed by atoms with Gasteiger partial charge in [-0.1, -0.05) is 0 Å². The summed E-state index contributed by atoms with van der Waals surface area (Å²) in [6.07, 6.45) is 4.94. The second-order valence-corrected chi connectivity index (χ2v) is 11.7. The third-order valence-electron chi connectivity index (χ3n) is 6.34. The lowest BCUT2D eigenvalue weighted by molar-refractivity contribution is -0.919. The number of amides is 2. The Kier molecular flexibility index (Phi) is 8.17. The molecule has 2 N–H and O–H groups in total. The highest BCUT2D eigenvalue weighted by Gasteiger charge is 2.41. The van der Waals surface area contributed by atoms with Gasteiger partial charge in [0, 0.05) is 30.3 Å². The molecule has 2 saturated heterocycles. The summed E-state index contributed by atoms with van der Waals surface area (Å²) >= 11 is 0. The van der Waals surface area contributed by atoms with E-state index in [1.54, 1.807) is 0 Å². The van der Waals surface area contributed by atoms with E-state index in [1.807, 2.05) is 41.5 Å². The average molecular weight is 441 g/mol. The number of carbonyl (C=O) groups excluding carboxylic acids is 2. The van der Waals surface area contributed by atoms with Crippen LogP contribution in [0.4, 0.5) is 0 Å². The van der Waals surface area contributed by atoms with Crippen molar-refractivity contribution in [1.82, 2.24) is 10.6 Å². The third-order valence-corrected chi connectivity index (χ3v) is 6.34. The van der Waals surface area contributed by atoms with Crippen molar-refractivity contribution in [2.45, 2.75) is 110 Å². The molecule has 8 nitrogen and oxygen atoms in total. The number of rotatable bonds is 6. The van der Waals surface area contributed by atoms with Crippen LogP contribution in [0.15, 0.2) is 0 Å². The molecular weight excluding hydrogens is 396 g/mol. The SMILES string of the molecule is CC(C)(C)NC(=O)[C@@H]1CCCC[N+]1([O-])CCC[N+]1([O-])CCCC[C@H]1C(=O)NC(C)(C)C. The minimum absolute atomic E-state index is 0.186. The number of likely N-dealkylation sites (tertiary alicyclic amines) is 2. The Morgan fingerprint density at radius 2 is 1.10 bits per heavy atom. The molecule has 31 heavy (non-hydrogen) atoms. The van der Waals surface area contributed by atoms with Crippen molar-refractivity contribution in [3.8, 4) is 0 Å². The molecule has 8 heteroatoms. The van der Waals surface area contributed by atoms with Crippen LogP contribution in [0.25, 0.3) is 0 Å². The van der Waals surface area contributed by atoms with E-state index in [0.29, 0.717) is 32.4 Å². The molecule has 0 aliphatic carbocycles. The van der Waals surface area contributed by atoms with E-state index < -0.39 is 21.4 Å². The molecule has 0 spiro atoms. The highest BCUT2D eigenvalue weighted by Crippen LogP contribution is 2.29. The molecule has 0 saturated carbocycles. The minimum atomic E-state index is -0.616. The smallest absolute Gasteiger partial charge is 0.279 e. The number of nitrogens with zero attached hydrogens (tertiary/aromatic N) is 2. The van der Waals surface area contributed by atoms with Gasteiger partial charge in [0.2, 0.25) is 0 Å². The van der Waals surface area contributed by atoms with Gasteiger partial charge >= 0.3 is 0 Å². The molecule has 0 bridgehead atoms. The van der Waals surface area contributed by atoms with Crippen molar-refractivity contribution in [1.29, 1.82) is 0 Å². The van der Waals surface area contributed by atoms with Crippen molar-refractivity contribution in [2.75, 3.05) is 26.2 Å². The number of carbonyl (C=O) groups is 2. The number of quaternary nitrogens is 2. The van der Waals surface area contributed by atoms with E-state index in [0.717, 1.165) is 25.7 Å². The Morgan fingerprint density at radius 1 is 0.742 bits per heavy atom. The lowest BCUT2D eigenvalue weighted by Gasteiger charge is -2.53. The fraction of sp³-hybridized carbons (Fsp3) is 0.913. The maximum absolute atomic E-state index is 13.6. The molecule has 0 aromatic rings. The molecule has 2 aliphatic heterocycles. The average Bonchev–Trinajstić information content (AvgIpc) is 2.59. The van der Waals surface area contributed by atoms with Crippen molar-refractivity contribution in [3.05, 3.63) is 10.4 Å². The van der Waals surface area contributed by atoms with Crippen molar-refractivity contribution < 1.29 is 18.9 Å². The number of piperidine rings is 2. The summed E-state index contributed by atoms with van der Waals surface area (Å²) in [4.78, 5) is 25.6. The van der Waals surface area contributed by atoms with Crippen LogP contribution >= 0.6 is 0 Å². The van der Waals surface area contributed by atoms with E-state index in [9.17, 15) is 20.0 Å². The number of hydroxylamine groups is 6. The number of hydrogen-bond donors (Lipinski definition) is 2. The summed E-state index contributed by atoms with van der Waals surface area (Å²) in [5.41, 5.74) is -0.768. The number of nitrogens with one attached hydrogen (secondary N) is 2. The molecule has 2 rings (SSSR count). The first-order valence-electron chi connectivity index (χ1n) is 11.9. The van der Waals surface area contributed by atoms with E-state index in [4.69, 9.17) is 0 Å². The van der Waals surface area contributed by atoms with Gasteiger partial charge in [0.15, 0.2) is 12.1 Å². The molecule has 180 valence electrons. The second-order valence-electron chi connectivity index (χ2n) is 11.7. The van der Waals surface area contributed by atoms with Gasteiger partial charge in [-0.2, -0.15) is 0 Å². The van der Waals surface area contributed by atoms with E-state index in [1.165, 1.54) is 0 Å². The van der Waals surface area contributed by atoms with Crippen LogP contribution in [0, 0.1) is 10.4 Å². The van der Waals surface area contributed by atoms with Crippen molar-refractivity contribution in [2.24, 2.45) is 0 Å². The Morgan fingerprint density at radius 3 is 1.42 bits per heavy atom. The van der Waals surface area contributed by atoms with Gasteiger partial charge in [0.05, 0.1) is 26.2 Å². The lowest BCUT2D eigenvalue weighted by Crippen LogP contribution is -2.64. The fourth-order valence-corrected chi connectivity index (χ4v) is 4.95. The van der Waals surface area contributed by atoms with Gasteiger partial charge < -0.3 is 30.3 Å². The summed E-state index contributed by atoms with van der Waals surface area (Å²) in [7, 11) is 0. The van der Waals surface area contributed by atoms with Crippen LogP contribution in [0.1, 0.15) is 86.5 Å². The predicted molar refractivity (Wildman–Crippen MR) is 122 cm³/mol. The lowest BCUT2D eigenvalue weighted by atomic mass is 9.97. The summed E-state index contributed by atoms with van der Waals surface area (Å²) in [6, 6.07) is -1.23. The quantitative estimate of drug-likeness (QED) is 0.489. The zero-order chi connectivity index (χ0) is 23.5. The fourth-order valence-electron chi connectivity index (χ4n) is 4.95. The third kappa shape index (κ3) is 7.41. The highest BCUT2D eigenvalue weighted by molar-refractivity contribution is 5.81. The topological polar surface area (TPSA) is 104 Å². The van der Waals surface area contributed by atoms with Crippen LogP contribution in [0.3, 0.4) is 0 Å². The molecule has 0 radical (unpaired) electrons. The molecule has 2 amide bonds. The Labute approximate surface area is 188 Å². The summed E-state index contributed by atoms with van der Waals surface area (Å²) in [5, 5.41) is 33.2. The molecule has 0 aromatic carbocycles. The minimum Gasteiger partial charge on any atom is -0.632 e. The maximum atomic E-state index is 13.6. The van der Waals surface area contributed by atoms with Crippen LogP contribution in [-0.2, 0) is 9.59 Å². The van der Waals surface area contributed by atoms with E-state index in [2.05, 4.69) is 10.6 Å². The van der Waals surface area contributed by atoms with Crippen molar-refractivity contribution >= 4 is 11.8 Å². The Balaban J connectivity index is 2.04. The molecular formula is C23H44N4O4. The van der Waals surface area contributed by atoms with Crippen LogP contribution in [0.5, 0.6) is 0 Å². The Hall–Kier alpha value is -1.22. The molecule has 2 fully saturated rings. The summed E-state index contributed by atoms with van der Waals surface area (Å²) in [6.45, 7) is 12.8. The van der Waals surface area contributed by atoms with Gasteiger partial charge in [-0.3, -0.25) is 9.59 Å². The molecule has 0 aromatic heterocycles. The largest absolute Gasteiger partial charge is 0.632 e. The first-order chi connectivity index (χ1) is 14.2. The van der Waals surface area contributed by atoms with Gasteiger partial charge in [-0.15, -0.1) is 0 Å². The zero-order valence-corrected chi connectivity index (χ0v) is 20.5. The molecule has 2 aliphatic rings. The first kappa shape index (κ1) is 26.0. The van der Waals surface area contributed by atoms with Gasteiger partial charge in [-0.25, -0.2) is 0 Å². The normalized spacial score (nSPS) is 32.4. The van der Waals surface area contributed by atoms with Crippen molar-refractivity contribution in [3.63, 3.8) is 0 Å². The first-order valence-corrected chi connectivity index (χ1v) is 11.9. The van der Waals surface area contributed by atoms with Crippen LogP contribution < -0.4 is 10.6 Å². The van der Waals surface area contributed by atoms with Gasteiger partial charge in [0.1, 0.15) is 0 Å².